The van der Waals surface area contributed by atoms with Crippen molar-refractivity contribution in [3.05, 3.63) is 108 Å². The summed E-state index contributed by atoms with van der Waals surface area (Å²) in [5.74, 6) is 0.614. The maximum Gasteiger partial charge on any atom is 0.349 e. The second kappa shape index (κ2) is 9.42. The Bertz CT molecular complexity index is 1120. The van der Waals surface area contributed by atoms with Gasteiger partial charge in [-0.3, -0.25) is 0 Å². The third kappa shape index (κ3) is 4.97. The van der Waals surface area contributed by atoms with E-state index in [9.17, 15) is 4.79 Å². The van der Waals surface area contributed by atoms with E-state index in [0.29, 0.717) is 16.0 Å². The fourth-order valence-electron chi connectivity index (χ4n) is 3.06. The lowest BCUT2D eigenvalue weighted by molar-refractivity contribution is -0.136. The van der Waals surface area contributed by atoms with Gasteiger partial charge in [-0.05, 0) is 62.4 Å². The highest BCUT2D eigenvalue weighted by Crippen LogP contribution is 2.31. The summed E-state index contributed by atoms with van der Waals surface area (Å²) in [5.41, 5.74) is 4.36. The van der Waals surface area contributed by atoms with Crippen LogP contribution in [-0.4, -0.2) is 12.6 Å². The summed E-state index contributed by atoms with van der Waals surface area (Å²) in [4.78, 5) is 12.2. The molecule has 30 heavy (non-hydrogen) atoms. The van der Waals surface area contributed by atoms with Crippen molar-refractivity contribution in [2.45, 2.75) is 0 Å². The van der Waals surface area contributed by atoms with Crippen LogP contribution in [0.1, 0.15) is 0 Å². The number of esters is 1. The largest absolute Gasteiger partial charge is 0.482 e. The third-order valence-corrected chi connectivity index (χ3v) is 5.20. The minimum Gasteiger partial charge on any atom is -0.482 e. The fourth-order valence-corrected chi connectivity index (χ4v) is 3.52. The molecule has 0 aliphatic carbocycles. The normalized spacial score (nSPS) is 10.4. The van der Waals surface area contributed by atoms with Crippen molar-refractivity contribution in [3.8, 4) is 33.8 Å². The fraction of sp³-hybridized carbons (Fsp3) is 0.0385. The van der Waals surface area contributed by atoms with Crippen molar-refractivity contribution in [2.24, 2.45) is 0 Å². The molecule has 3 nitrogen and oxygen atoms in total. The van der Waals surface area contributed by atoms with E-state index >= 15 is 0 Å². The molecule has 148 valence electrons. The standard InChI is InChI=1S/C26H19BrO3/c27-24-17-22(20-9-5-2-6-10-20)13-16-25(24)30-26(28)18-29-23-14-11-21(12-15-23)19-7-3-1-4-8-19/h1-17H,18H2. The zero-order valence-electron chi connectivity index (χ0n) is 16.1. The van der Waals surface area contributed by atoms with E-state index in [4.69, 9.17) is 9.47 Å². The van der Waals surface area contributed by atoms with E-state index in [1.54, 1.807) is 6.07 Å². The second-order valence-corrected chi connectivity index (χ2v) is 7.52. The molecule has 0 N–H and O–H groups in total. The molecule has 0 aromatic heterocycles. The average molecular weight is 459 g/mol. The van der Waals surface area contributed by atoms with Crippen molar-refractivity contribution in [1.82, 2.24) is 0 Å². The Labute approximate surface area is 184 Å². The summed E-state index contributed by atoms with van der Waals surface area (Å²) < 4.78 is 11.7. The van der Waals surface area contributed by atoms with Gasteiger partial charge in [-0.1, -0.05) is 78.9 Å². The van der Waals surface area contributed by atoms with Crippen LogP contribution in [0, 0.1) is 0 Å². The van der Waals surface area contributed by atoms with Gasteiger partial charge in [-0.15, -0.1) is 0 Å². The van der Waals surface area contributed by atoms with Gasteiger partial charge in [0.2, 0.25) is 0 Å². The summed E-state index contributed by atoms with van der Waals surface area (Å²) in [6, 6.07) is 33.4. The average Bonchev–Trinajstić information content (AvgIpc) is 2.80. The number of ether oxygens (including phenoxy) is 2. The van der Waals surface area contributed by atoms with Crippen molar-refractivity contribution < 1.29 is 14.3 Å². The number of benzene rings is 4. The highest BCUT2D eigenvalue weighted by atomic mass is 79.9. The molecule has 4 aromatic carbocycles. The zero-order chi connectivity index (χ0) is 20.8. The van der Waals surface area contributed by atoms with E-state index in [1.165, 1.54) is 0 Å². The number of halogens is 1. The number of hydrogen-bond acceptors (Lipinski definition) is 3. The summed E-state index contributed by atoms with van der Waals surface area (Å²) in [6.07, 6.45) is 0. The van der Waals surface area contributed by atoms with Crippen molar-refractivity contribution in [3.63, 3.8) is 0 Å². The Kier molecular flexibility index (Phi) is 6.26. The smallest absolute Gasteiger partial charge is 0.349 e. The van der Waals surface area contributed by atoms with Crippen LogP contribution in [0.5, 0.6) is 11.5 Å². The predicted molar refractivity (Wildman–Crippen MR) is 123 cm³/mol. The Hall–Kier alpha value is -3.37. The Morgan fingerprint density at radius 3 is 1.80 bits per heavy atom. The Balaban J connectivity index is 1.35. The van der Waals surface area contributed by atoms with Crippen LogP contribution < -0.4 is 9.47 Å². The number of hydrogen-bond donors (Lipinski definition) is 0. The molecule has 0 aliphatic heterocycles. The molecular weight excluding hydrogens is 440 g/mol. The van der Waals surface area contributed by atoms with Crippen LogP contribution in [0.2, 0.25) is 0 Å². The van der Waals surface area contributed by atoms with Crippen molar-refractivity contribution in [2.75, 3.05) is 6.61 Å². The van der Waals surface area contributed by atoms with Gasteiger partial charge in [0, 0.05) is 0 Å². The highest BCUT2D eigenvalue weighted by molar-refractivity contribution is 9.10. The van der Waals surface area contributed by atoms with Gasteiger partial charge in [0.05, 0.1) is 4.47 Å². The first-order chi connectivity index (χ1) is 14.7. The Morgan fingerprint density at radius 2 is 1.20 bits per heavy atom. The van der Waals surface area contributed by atoms with Crippen LogP contribution >= 0.6 is 15.9 Å². The summed E-state index contributed by atoms with van der Waals surface area (Å²) in [5, 5.41) is 0. The molecular formula is C26H19BrO3. The molecule has 0 radical (unpaired) electrons. The summed E-state index contributed by atoms with van der Waals surface area (Å²) in [7, 11) is 0. The molecule has 0 atom stereocenters. The lowest BCUT2D eigenvalue weighted by atomic mass is 10.1. The topological polar surface area (TPSA) is 35.5 Å². The predicted octanol–water partition coefficient (Wildman–Crippen LogP) is 6.77. The molecule has 4 rings (SSSR count). The lowest BCUT2D eigenvalue weighted by Gasteiger charge is -2.10. The number of rotatable bonds is 6. The van der Waals surface area contributed by atoms with Gasteiger partial charge in [0.25, 0.3) is 0 Å². The molecule has 0 saturated carbocycles. The molecule has 0 amide bonds. The molecule has 4 heteroatoms. The van der Waals surface area contributed by atoms with Crippen LogP contribution in [0.3, 0.4) is 0 Å². The van der Waals surface area contributed by atoms with Gasteiger partial charge in [0.1, 0.15) is 11.5 Å². The quantitative estimate of drug-likeness (QED) is 0.236. The van der Waals surface area contributed by atoms with Gasteiger partial charge >= 0.3 is 5.97 Å². The van der Waals surface area contributed by atoms with Gasteiger partial charge < -0.3 is 9.47 Å². The van der Waals surface area contributed by atoms with E-state index in [0.717, 1.165) is 22.3 Å². The van der Waals surface area contributed by atoms with E-state index in [1.807, 2.05) is 97.1 Å². The van der Waals surface area contributed by atoms with E-state index < -0.39 is 5.97 Å². The second-order valence-electron chi connectivity index (χ2n) is 6.66. The van der Waals surface area contributed by atoms with E-state index in [-0.39, 0.29) is 6.61 Å². The molecule has 0 aliphatic rings. The van der Waals surface area contributed by atoms with Crippen LogP contribution in [-0.2, 0) is 4.79 Å². The molecule has 0 bridgehead atoms. The molecule has 0 heterocycles. The first kappa shape index (κ1) is 19.9. The summed E-state index contributed by atoms with van der Waals surface area (Å²) >= 11 is 3.48. The maximum atomic E-state index is 12.2. The van der Waals surface area contributed by atoms with Gasteiger partial charge in [0.15, 0.2) is 6.61 Å². The maximum absolute atomic E-state index is 12.2. The SMILES string of the molecule is O=C(COc1ccc(-c2ccccc2)cc1)Oc1ccc(-c2ccccc2)cc1Br. The zero-order valence-corrected chi connectivity index (χ0v) is 17.7. The van der Waals surface area contributed by atoms with Crippen LogP contribution in [0.15, 0.2) is 108 Å². The minimum absolute atomic E-state index is 0.169. The first-order valence-electron chi connectivity index (χ1n) is 9.53. The molecule has 0 unspecified atom stereocenters. The van der Waals surface area contributed by atoms with Crippen molar-refractivity contribution >= 4 is 21.9 Å². The van der Waals surface area contributed by atoms with E-state index in [2.05, 4.69) is 15.9 Å². The summed E-state index contributed by atoms with van der Waals surface area (Å²) in [6.45, 7) is -0.169. The Morgan fingerprint density at radius 1 is 0.667 bits per heavy atom. The first-order valence-corrected chi connectivity index (χ1v) is 10.3. The monoisotopic (exact) mass is 458 g/mol. The van der Waals surface area contributed by atoms with Crippen LogP contribution in [0.25, 0.3) is 22.3 Å². The molecule has 0 spiro atoms. The number of carbonyl (C=O) groups excluding carboxylic acids is 1. The number of carbonyl (C=O) groups is 1. The molecule has 0 saturated heterocycles. The molecule has 4 aromatic rings. The third-order valence-electron chi connectivity index (χ3n) is 4.58. The van der Waals surface area contributed by atoms with Crippen LogP contribution in [0.4, 0.5) is 0 Å². The highest BCUT2D eigenvalue weighted by Gasteiger charge is 2.11. The minimum atomic E-state index is -0.463. The lowest BCUT2D eigenvalue weighted by Crippen LogP contribution is -2.17. The van der Waals surface area contributed by atoms with Crippen molar-refractivity contribution in [1.29, 1.82) is 0 Å². The van der Waals surface area contributed by atoms with Gasteiger partial charge in [-0.2, -0.15) is 0 Å². The molecule has 0 fully saturated rings. The van der Waals surface area contributed by atoms with Gasteiger partial charge in [-0.25, -0.2) is 4.79 Å².